The third-order valence-electron chi connectivity index (χ3n) is 2.71. The Bertz CT molecular complexity index is 396. The van der Waals surface area contributed by atoms with Crippen LogP contribution in [0.4, 0.5) is 0 Å². The van der Waals surface area contributed by atoms with E-state index in [9.17, 15) is 9.59 Å². The maximum absolute atomic E-state index is 11.5. The Morgan fingerprint density at radius 1 is 1.39 bits per heavy atom. The molecule has 2 amide bonds. The Balaban J connectivity index is 1.63. The number of nitrogens with one attached hydrogen (secondary N) is 2. The van der Waals surface area contributed by atoms with Crippen molar-refractivity contribution in [3.8, 4) is 0 Å². The summed E-state index contributed by atoms with van der Waals surface area (Å²) in [5, 5.41) is 5.19. The molecule has 98 valence electrons. The Hall–Kier alpha value is -1.82. The highest BCUT2D eigenvalue weighted by Gasteiger charge is 2.16. The van der Waals surface area contributed by atoms with Crippen molar-refractivity contribution in [2.75, 3.05) is 19.7 Å². The summed E-state index contributed by atoms with van der Waals surface area (Å²) >= 11 is 0. The van der Waals surface area contributed by atoms with Crippen molar-refractivity contribution in [3.05, 3.63) is 24.2 Å². The molecule has 0 aromatic carbocycles. The van der Waals surface area contributed by atoms with E-state index in [0.717, 1.165) is 19.4 Å². The molecule has 6 heteroatoms. The lowest BCUT2D eigenvalue weighted by Crippen LogP contribution is -2.39. The van der Waals surface area contributed by atoms with E-state index in [0.29, 0.717) is 6.54 Å². The highest BCUT2D eigenvalue weighted by atomic mass is 16.5. The second-order valence-electron chi connectivity index (χ2n) is 4.10. The number of rotatable bonds is 5. The van der Waals surface area contributed by atoms with Crippen molar-refractivity contribution in [2.45, 2.75) is 18.9 Å². The Morgan fingerprint density at radius 2 is 2.28 bits per heavy atom. The molecule has 0 saturated carbocycles. The van der Waals surface area contributed by atoms with Gasteiger partial charge in [0.15, 0.2) is 5.76 Å². The van der Waals surface area contributed by atoms with E-state index in [1.807, 2.05) is 0 Å². The Morgan fingerprint density at radius 3 is 2.94 bits per heavy atom. The lowest BCUT2D eigenvalue weighted by Gasteiger charge is -2.10. The average Bonchev–Trinajstić information content (AvgIpc) is 3.05. The van der Waals surface area contributed by atoms with Crippen molar-refractivity contribution < 1.29 is 18.7 Å². The largest absolute Gasteiger partial charge is 0.459 e. The second kappa shape index (κ2) is 6.20. The number of carbonyl (C=O) groups excluding carboxylic acids is 2. The van der Waals surface area contributed by atoms with Crippen LogP contribution in [-0.2, 0) is 9.53 Å². The van der Waals surface area contributed by atoms with Gasteiger partial charge in [-0.25, -0.2) is 0 Å². The Labute approximate surface area is 105 Å². The molecular weight excluding hydrogens is 236 g/mol. The molecule has 6 nitrogen and oxygen atoms in total. The molecule has 1 saturated heterocycles. The van der Waals surface area contributed by atoms with Crippen LogP contribution < -0.4 is 10.6 Å². The predicted octanol–water partition coefficient (Wildman–Crippen LogP) is 0.305. The van der Waals surface area contributed by atoms with Crippen molar-refractivity contribution in [1.82, 2.24) is 10.6 Å². The van der Waals surface area contributed by atoms with Gasteiger partial charge in [-0.05, 0) is 25.0 Å². The predicted molar refractivity (Wildman–Crippen MR) is 63.0 cm³/mol. The molecule has 0 bridgehead atoms. The number of furan rings is 1. The molecule has 0 unspecified atom stereocenters. The van der Waals surface area contributed by atoms with E-state index in [-0.39, 0.29) is 24.3 Å². The number of hydrogen-bond acceptors (Lipinski definition) is 4. The third kappa shape index (κ3) is 3.59. The smallest absolute Gasteiger partial charge is 0.287 e. The van der Waals surface area contributed by atoms with Crippen molar-refractivity contribution >= 4 is 11.8 Å². The van der Waals surface area contributed by atoms with Crippen LogP contribution in [0.2, 0.25) is 0 Å². The summed E-state index contributed by atoms with van der Waals surface area (Å²) in [6.07, 6.45) is 3.52. The molecule has 0 radical (unpaired) electrons. The summed E-state index contributed by atoms with van der Waals surface area (Å²) < 4.78 is 10.3. The molecule has 1 aromatic rings. The van der Waals surface area contributed by atoms with E-state index in [4.69, 9.17) is 9.15 Å². The summed E-state index contributed by atoms with van der Waals surface area (Å²) in [6.45, 7) is 1.19. The van der Waals surface area contributed by atoms with Crippen molar-refractivity contribution in [2.24, 2.45) is 0 Å². The van der Waals surface area contributed by atoms with Gasteiger partial charge in [-0.2, -0.15) is 0 Å². The van der Waals surface area contributed by atoms with Gasteiger partial charge in [0, 0.05) is 13.2 Å². The highest BCUT2D eigenvalue weighted by molar-refractivity contribution is 5.94. The van der Waals surface area contributed by atoms with E-state index < -0.39 is 5.91 Å². The highest BCUT2D eigenvalue weighted by Crippen LogP contribution is 2.10. The van der Waals surface area contributed by atoms with Crippen LogP contribution in [0, 0.1) is 0 Å². The topological polar surface area (TPSA) is 80.6 Å². The van der Waals surface area contributed by atoms with Crippen molar-refractivity contribution in [1.29, 1.82) is 0 Å². The molecule has 1 fully saturated rings. The van der Waals surface area contributed by atoms with Gasteiger partial charge in [-0.15, -0.1) is 0 Å². The normalized spacial score (nSPS) is 18.6. The van der Waals surface area contributed by atoms with Gasteiger partial charge in [-0.3, -0.25) is 9.59 Å². The summed E-state index contributed by atoms with van der Waals surface area (Å²) in [6, 6.07) is 3.16. The zero-order valence-electron chi connectivity index (χ0n) is 9.98. The molecule has 2 N–H and O–H groups in total. The standard InChI is InChI=1S/C12H16N2O4/c15-11(13-7-9-3-1-5-17-9)8-14-12(16)10-4-2-6-18-10/h2,4,6,9H,1,3,5,7-8H2,(H,13,15)(H,14,16)/t9-/m1/s1. The van der Waals surface area contributed by atoms with Gasteiger partial charge in [0.05, 0.1) is 18.9 Å². The fraction of sp³-hybridized carbons (Fsp3) is 0.500. The van der Waals surface area contributed by atoms with Crippen LogP contribution in [0.25, 0.3) is 0 Å². The van der Waals surface area contributed by atoms with Crippen LogP contribution in [0.3, 0.4) is 0 Å². The molecule has 0 aliphatic carbocycles. The van der Waals surface area contributed by atoms with Crippen molar-refractivity contribution in [3.63, 3.8) is 0 Å². The number of hydrogen-bond donors (Lipinski definition) is 2. The fourth-order valence-corrected chi connectivity index (χ4v) is 1.75. The minimum atomic E-state index is -0.396. The van der Waals surface area contributed by atoms with Crippen LogP contribution >= 0.6 is 0 Å². The molecule has 1 atom stereocenters. The molecular formula is C12H16N2O4. The first kappa shape index (κ1) is 12.6. The van der Waals surface area contributed by atoms with E-state index >= 15 is 0 Å². The van der Waals surface area contributed by atoms with E-state index in [1.54, 1.807) is 12.1 Å². The molecule has 2 rings (SSSR count). The molecule has 0 spiro atoms. The molecule has 1 aliphatic heterocycles. The minimum Gasteiger partial charge on any atom is -0.459 e. The zero-order chi connectivity index (χ0) is 12.8. The maximum Gasteiger partial charge on any atom is 0.287 e. The maximum atomic E-state index is 11.5. The lowest BCUT2D eigenvalue weighted by atomic mass is 10.2. The van der Waals surface area contributed by atoms with Crippen LogP contribution in [-0.4, -0.2) is 37.6 Å². The van der Waals surface area contributed by atoms with Gasteiger partial charge < -0.3 is 19.8 Å². The lowest BCUT2D eigenvalue weighted by molar-refractivity contribution is -0.120. The van der Waals surface area contributed by atoms with Gasteiger partial charge in [0.25, 0.3) is 5.91 Å². The average molecular weight is 252 g/mol. The van der Waals surface area contributed by atoms with E-state index in [2.05, 4.69) is 10.6 Å². The van der Waals surface area contributed by atoms with Crippen LogP contribution in [0.5, 0.6) is 0 Å². The fourth-order valence-electron chi connectivity index (χ4n) is 1.75. The first-order chi connectivity index (χ1) is 8.75. The van der Waals surface area contributed by atoms with Crippen LogP contribution in [0.15, 0.2) is 22.8 Å². The Kier molecular flexibility index (Phi) is 4.35. The zero-order valence-corrected chi connectivity index (χ0v) is 9.98. The second-order valence-corrected chi connectivity index (χ2v) is 4.10. The summed E-state index contributed by atoms with van der Waals surface area (Å²) in [7, 11) is 0. The van der Waals surface area contributed by atoms with Gasteiger partial charge >= 0.3 is 0 Å². The van der Waals surface area contributed by atoms with E-state index in [1.165, 1.54) is 6.26 Å². The number of ether oxygens (including phenoxy) is 1. The summed E-state index contributed by atoms with van der Waals surface area (Å²) in [5.74, 6) is -0.431. The van der Waals surface area contributed by atoms with Gasteiger partial charge in [0.1, 0.15) is 0 Å². The number of carbonyl (C=O) groups is 2. The molecule has 18 heavy (non-hydrogen) atoms. The SMILES string of the molecule is O=C(CNC(=O)c1ccco1)NC[C@H]1CCCO1. The first-order valence-corrected chi connectivity index (χ1v) is 5.95. The van der Waals surface area contributed by atoms with Gasteiger partial charge in [0.2, 0.25) is 5.91 Å². The van der Waals surface area contributed by atoms with Crippen LogP contribution in [0.1, 0.15) is 23.4 Å². The monoisotopic (exact) mass is 252 g/mol. The summed E-state index contributed by atoms with van der Waals surface area (Å²) in [4.78, 5) is 22.9. The summed E-state index contributed by atoms with van der Waals surface area (Å²) in [5.41, 5.74) is 0. The first-order valence-electron chi connectivity index (χ1n) is 5.95. The number of amides is 2. The quantitative estimate of drug-likeness (QED) is 0.790. The molecule has 1 aromatic heterocycles. The van der Waals surface area contributed by atoms with Gasteiger partial charge in [-0.1, -0.05) is 0 Å². The molecule has 1 aliphatic rings. The third-order valence-corrected chi connectivity index (χ3v) is 2.71. The molecule has 2 heterocycles. The minimum absolute atomic E-state index is 0.0632.